The van der Waals surface area contributed by atoms with Gasteiger partial charge in [0, 0.05) is 33.8 Å². The van der Waals surface area contributed by atoms with Crippen molar-refractivity contribution in [2.45, 2.75) is 23.1 Å². The minimum atomic E-state index is -0.0341. The number of likely N-dealkylation sites (N-methyl/N-ethyl adjacent to an activating group) is 1. The molecule has 1 aromatic carbocycles. The summed E-state index contributed by atoms with van der Waals surface area (Å²) in [5, 5.41) is 7.19. The number of thiazole rings is 1. The Bertz CT molecular complexity index is 857. The number of hydrogen-bond acceptors (Lipinski definition) is 6. The number of rotatable bonds is 8. The van der Waals surface area contributed by atoms with E-state index in [1.54, 1.807) is 34.4 Å². The van der Waals surface area contributed by atoms with Crippen LogP contribution >= 0.6 is 34.4 Å². The number of benzene rings is 1. The van der Waals surface area contributed by atoms with Gasteiger partial charge in [-0.25, -0.2) is 4.98 Å². The largest absolute Gasteiger partial charge is 0.350 e. The molecule has 2 aromatic heterocycles. The fourth-order valence-electron chi connectivity index (χ4n) is 2.61. The van der Waals surface area contributed by atoms with Crippen molar-refractivity contribution in [2.75, 3.05) is 20.6 Å². The molecule has 1 N–H and O–H groups in total. The summed E-state index contributed by atoms with van der Waals surface area (Å²) in [4.78, 5) is 20.3. The van der Waals surface area contributed by atoms with E-state index in [1.165, 1.54) is 10.4 Å². The van der Waals surface area contributed by atoms with Crippen molar-refractivity contribution in [3.05, 3.63) is 68.9 Å². The molecule has 1 amide bonds. The van der Waals surface area contributed by atoms with Crippen molar-refractivity contribution in [1.82, 2.24) is 15.2 Å². The van der Waals surface area contributed by atoms with E-state index in [2.05, 4.69) is 32.0 Å². The fraction of sp³-hybridized carbons (Fsp3) is 0.300. The van der Waals surface area contributed by atoms with Gasteiger partial charge in [-0.05, 0) is 50.2 Å². The van der Waals surface area contributed by atoms with Crippen LogP contribution in [-0.4, -0.2) is 36.4 Å². The molecule has 0 aliphatic carbocycles. The Balaban J connectivity index is 1.53. The number of nitrogens with zero attached hydrogens (tertiary/aromatic N) is 2. The highest BCUT2D eigenvalue weighted by atomic mass is 32.2. The maximum absolute atomic E-state index is 12.5. The molecule has 3 rings (SSSR count). The summed E-state index contributed by atoms with van der Waals surface area (Å²) in [6.07, 6.45) is 0. The number of amides is 1. The van der Waals surface area contributed by atoms with Crippen LogP contribution in [0.15, 0.2) is 51.5 Å². The molecule has 3 aromatic rings. The normalized spacial score (nSPS) is 12.3. The van der Waals surface area contributed by atoms with Gasteiger partial charge in [-0.3, -0.25) is 4.79 Å². The van der Waals surface area contributed by atoms with Crippen molar-refractivity contribution in [1.29, 1.82) is 0 Å². The lowest BCUT2D eigenvalue weighted by Gasteiger charge is -2.23. The average molecular weight is 418 g/mol. The second-order valence-corrected chi connectivity index (χ2v) is 9.51. The molecule has 1 atom stereocenters. The first kappa shape index (κ1) is 20.1. The first-order valence-corrected chi connectivity index (χ1v) is 11.4. The van der Waals surface area contributed by atoms with Crippen LogP contribution in [-0.2, 0) is 5.75 Å². The maximum Gasteiger partial charge on any atom is 0.251 e. The van der Waals surface area contributed by atoms with E-state index in [4.69, 9.17) is 0 Å². The van der Waals surface area contributed by atoms with E-state index in [0.717, 1.165) is 15.8 Å². The second kappa shape index (κ2) is 9.50. The van der Waals surface area contributed by atoms with Gasteiger partial charge in [0.15, 0.2) is 0 Å². The van der Waals surface area contributed by atoms with Crippen LogP contribution in [0.5, 0.6) is 0 Å². The molecule has 2 heterocycles. The highest BCUT2D eigenvalue weighted by molar-refractivity contribution is 8.00. The molecule has 27 heavy (non-hydrogen) atoms. The van der Waals surface area contributed by atoms with Gasteiger partial charge in [0.2, 0.25) is 0 Å². The van der Waals surface area contributed by atoms with Gasteiger partial charge in [-0.2, -0.15) is 0 Å². The second-order valence-electron chi connectivity index (χ2n) is 6.45. The summed E-state index contributed by atoms with van der Waals surface area (Å²) in [6, 6.07) is 12.2. The van der Waals surface area contributed by atoms with Crippen LogP contribution in [0.4, 0.5) is 0 Å². The molecule has 0 bridgehead atoms. The van der Waals surface area contributed by atoms with Gasteiger partial charge in [0.05, 0.1) is 6.04 Å². The van der Waals surface area contributed by atoms with Crippen molar-refractivity contribution >= 4 is 40.3 Å². The molecule has 1 unspecified atom stereocenters. The van der Waals surface area contributed by atoms with E-state index in [9.17, 15) is 4.79 Å². The zero-order valence-corrected chi connectivity index (χ0v) is 18.1. The standard InChI is InChI=1S/C20H23N3OS3/c1-14-12-26-20(22-14)27-13-15-6-8-16(9-7-15)19(24)21-11-17(23(2)3)18-5-4-10-25-18/h4-10,12,17H,11,13H2,1-3H3,(H,21,24). The molecule has 0 spiro atoms. The van der Waals surface area contributed by atoms with Crippen molar-refractivity contribution in [2.24, 2.45) is 0 Å². The number of thioether (sulfide) groups is 1. The topological polar surface area (TPSA) is 45.2 Å². The summed E-state index contributed by atoms with van der Waals surface area (Å²) >= 11 is 5.11. The van der Waals surface area contributed by atoms with Crippen LogP contribution in [0.3, 0.4) is 0 Å². The van der Waals surface area contributed by atoms with E-state index in [-0.39, 0.29) is 11.9 Å². The highest BCUT2D eigenvalue weighted by Crippen LogP contribution is 2.26. The van der Waals surface area contributed by atoms with Crippen LogP contribution < -0.4 is 5.32 Å². The molecule has 0 aliphatic heterocycles. The van der Waals surface area contributed by atoms with Gasteiger partial charge in [0.25, 0.3) is 5.91 Å². The zero-order chi connectivity index (χ0) is 19.2. The Morgan fingerprint density at radius 1 is 1.22 bits per heavy atom. The molecular formula is C20H23N3OS3. The minimum Gasteiger partial charge on any atom is -0.350 e. The quantitative estimate of drug-likeness (QED) is 0.533. The van der Waals surface area contributed by atoms with Gasteiger partial charge in [-0.1, -0.05) is 30.0 Å². The number of hydrogen-bond donors (Lipinski definition) is 1. The molecule has 0 saturated carbocycles. The Hall–Kier alpha value is -1.67. The molecular weight excluding hydrogens is 394 g/mol. The van der Waals surface area contributed by atoms with Crippen LogP contribution in [0.25, 0.3) is 0 Å². The maximum atomic E-state index is 12.5. The third kappa shape index (κ3) is 5.65. The van der Waals surface area contributed by atoms with Crippen molar-refractivity contribution < 1.29 is 4.79 Å². The fourth-order valence-corrected chi connectivity index (χ4v) is 5.33. The Kier molecular flexibility index (Phi) is 7.07. The van der Waals surface area contributed by atoms with E-state index < -0.39 is 0 Å². The van der Waals surface area contributed by atoms with Gasteiger partial charge in [0.1, 0.15) is 4.34 Å². The first-order valence-electron chi connectivity index (χ1n) is 8.65. The molecule has 0 aliphatic rings. The van der Waals surface area contributed by atoms with Gasteiger partial charge < -0.3 is 10.2 Å². The lowest BCUT2D eigenvalue weighted by molar-refractivity contribution is 0.0942. The third-order valence-corrected chi connectivity index (χ3v) is 7.31. The molecule has 4 nitrogen and oxygen atoms in total. The Morgan fingerprint density at radius 2 is 2.00 bits per heavy atom. The molecule has 0 radical (unpaired) electrons. The summed E-state index contributed by atoms with van der Waals surface area (Å²) < 4.78 is 1.08. The third-order valence-electron chi connectivity index (χ3n) is 4.13. The number of carbonyl (C=O) groups is 1. The number of nitrogens with one attached hydrogen (secondary N) is 1. The highest BCUT2D eigenvalue weighted by Gasteiger charge is 2.16. The number of thiophene rings is 1. The number of aryl methyl sites for hydroxylation is 1. The average Bonchev–Trinajstić information content (AvgIpc) is 3.32. The molecule has 0 fully saturated rings. The smallest absolute Gasteiger partial charge is 0.251 e. The van der Waals surface area contributed by atoms with E-state index in [1.807, 2.05) is 51.4 Å². The summed E-state index contributed by atoms with van der Waals surface area (Å²) in [5.41, 5.74) is 2.94. The predicted octanol–water partition coefficient (Wildman–Crippen LogP) is 4.84. The SMILES string of the molecule is Cc1csc(SCc2ccc(C(=O)NCC(c3cccs3)N(C)C)cc2)n1. The number of aromatic nitrogens is 1. The summed E-state index contributed by atoms with van der Waals surface area (Å²) in [5.74, 6) is 0.823. The van der Waals surface area contributed by atoms with Gasteiger partial charge in [-0.15, -0.1) is 22.7 Å². The minimum absolute atomic E-state index is 0.0341. The van der Waals surface area contributed by atoms with Crippen LogP contribution in [0.2, 0.25) is 0 Å². The van der Waals surface area contributed by atoms with E-state index >= 15 is 0 Å². The summed E-state index contributed by atoms with van der Waals surface area (Å²) in [6.45, 7) is 2.60. The van der Waals surface area contributed by atoms with E-state index in [0.29, 0.717) is 12.1 Å². The monoisotopic (exact) mass is 417 g/mol. The Labute approximate surface area is 172 Å². The summed E-state index contributed by atoms with van der Waals surface area (Å²) in [7, 11) is 4.07. The van der Waals surface area contributed by atoms with Crippen molar-refractivity contribution in [3.8, 4) is 0 Å². The first-order chi connectivity index (χ1) is 13.0. The molecule has 142 valence electrons. The molecule has 7 heteroatoms. The Morgan fingerprint density at radius 3 is 2.59 bits per heavy atom. The van der Waals surface area contributed by atoms with Crippen molar-refractivity contribution in [3.63, 3.8) is 0 Å². The lowest BCUT2D eigenvalue weighted by atomic mass is 10.1. The predicted molar refractivity (Wildman–Crippen MR) is 116 cm³/mol. The van der Waals surface area contributed by atoms with Crippen LogP contribution in [0, 0.1) is 6.92 Å². The zero-order valence-electron chi connectivity index (χ0n) is 15.6. The lowest BCUT2D eigenvalue weighted by Crippen LogP contribution is -2.34. The van der Waals surface area contributed by atoms with Gasteiger partial charge >= 0.3 is 0 Å². The number of carbonyl (C=O) groups excluding carboxylic acids is 1. The molecule has 0 saturated heterocycles. The van der Waals surface area contributed by atoms with Crippen LogP contribution in [0.1, 0.15) is 32.5 Å².